The highest BCUT2D eigenvalue weighted by Gasteiger charge is 2.26. The minimum Gasteiger partial charge on any atom is -0.353 e. The second-order valence-electron chi connectivity index (χ2n) is 6.36. The molecule has 3 rings (SSSR count). The van der Waals surface area contributed by atoms with Crippen molar-refractivity contribution in [3.05, 3.63) is 29.8 Å². The Morgan fingerprint density at radius 2 is 1.82 bits per heavy atom. The minimum absolute atomic E-state index is 0.0369. The fourth-order valence-corrected chi connectivity index (χ4v) is 3.53. The Kier molecular flexibility index (Phi) is 4.76. The fourth-order valence-electron chi connectivity index (χ4n) is 3.53. The van der Waals surface area contributed by atoms with Crippen LogP contribution in [0.1, 0.15) is 50.5 Å². The van der Waals surface area contributed by atoms with Crippen molar-refractivity contribution in [3.8, 4) is 0 Å². The largest absolute Gasteiger partial charge is 0.353 e. The number of nitrogens with zero attached hydrogens (tertiary/aromatic N) is 1. The lowest BCUT2D eigenvalue weighted by Gasteiger charge is -2.19. The summed E-state index contributed by atoms with van der Waals surface area (Å²) in [4.78, 5) is 26.3. The molecule has 0 bridgehead atoms. The number of amides is 2. The number of nitrogens with one attached hydrogen (secondary N) is 1. The highest BCUT2D eigenvalue weighted by Crippen LogP contribution is 2.27. The molecule has 4 nitrogen and oxygen atoms in total. The fraction of sp³-hybridized carbons (Fsp3) is 0.556. The predicted octanol–water partition coefficient (Wildman–Crippen LogP) is 2.80. The quantitative estimate of drug-likeness (QED) is 0.689. The van der Waals surface area contributed by atoms with Crippen molar-refractivity contribution >= 4 is 17.5 Å². The van der Waals surface area contributed by atoms with Gasteiger partial charge in [-0.25, -0.2) is 0 Å². The van der Waals surface area contributed by atoms with E-state index < -0.39 is 0 Å². The topological polar surface area (TPSA) is 49.4 Å². The summed E-state index contributed by atoms with van der Waals surface area (Å²) < 4.78 is 0. The van der Waals surface area contributed by atoms with E-state index in [0.717, 1.165) is 24.9 Å². The Labute approximate surface area is 131 Å². The van der Waals surface area contributed by atoms with Crippen molar-refractivity contribution in [2.75, 3.05) is 11.4 Å². The van der Waals surface area contributed by atoms with Crippen LogP contribution in [0.5, 0.6) is 0 Å². The first-order valence-electron chi connectivity index (χ1n) is 8.41. The zero-order chi connectivity index (χ0) is 15.4. The maximum atomic E-state index is 12.4. The van der Waals surface area contributed by atoms with Gasteiger partial charge in [-0.15, -0.1) is 0 Å². The van der Waals surface area contributed by atoms with Crippen LogP contribution in [0.2, 0.25) is 0 Å². The van der Waals surface area contributed by atoms with Gasteiger partial charge in [-0.2, -0.15) is 0 Å². The van der Waals surface area contributed by atoms with E-state index in [-0.39, 0.29) is 24.3 Å². The number of rotatable bonds is 3. The van der Waals surface area contributed by atoms with Gasteiger partial charge in [-0.05, 0) is 30.9 Å². The van der Waals surface area contributed by atoms with Gasteiger partial charge in [-0.1, -0.05) is 43.9 Å². The van der Waals surface area contributed by atoms with Gasteiger partial charge < -0.3 is 10.2 Å². The van der Waals surface area contributed by atoms with Crippen molar-refractivity contribution in [2.45, 2.75) is 57.4 Å². The summed E-state index contributed by atoms with van der Waals surface area (Å²) in [5.41, 5.74) is 2.16. The summed E-state index contributed by atoms with van der Waals surface area (Å²) in [7, 11) is 0. The Hall–Kier alpha value is -1.84. The van der Waals surface area contributed by atoms with E-state index in [4.69, 9.17) is 0 Å². The zero-order valence-corrected chi connectivity index (χ0v) is 13.0. The number of carbonyl (C=O) groups excluding carboxylic acids is 2. The Morgan fingerprint density at radius 3 is 2.59 bits per heavy atom. The molecule has 2 aliphatic rings. The normalized spacial score (nSPS) is 18.6. The number of fused-ring (bicyclic) bond motifs is 1. The third-order valence-electron chi connectivity index (χ3n) is 4.72. The lowest BCUT2D eigenvalue weighted by molar-refractivity contribution is -0.128. The monoisotopic (exact) mass is 300 g/mol. The van der Waals surface area contributed by atoms with E-state index in [2.05, 4.69) is 5.32 Å². The molecule has 1 fully saturated rings. The molecule has 1 aromatic carbocycles. The van der Waals surface area contributed by atoms with Gasteiger partial charge in [0.05, 0.1) is 0 Å². The number of anilines is 1. The number of benzene rings is 1. The molecular weight excluding hydrogens is 276 g/mol. The van der Waals surface area contributed by atoms with Gasteiger partial charge in [0.2, 0.25) is 11.8 Å². The molecule has 4 heteroatoms. The molecule has 0 atom stereocenters. The first-order valence-corrected chi connectivity index (χ1v) is 8.41. The van der Waals surface area contributed by atoms with Gasteiger partial charge in [-0.3, -0.25) is 9.59 Å². The van der Waals surface area contributed by atoms with Crippen molar-refractivity contribution in [1.82, 2.24) is 5.32 Å². The number of carbonyl (C=O) groups is 2. The van der Waals surface area contributed by atoms with Crippen LogP contribution < -0.4 is 10.2 Å². The molecule has 1 heterocycles. The van der Waals surface area contributed by atoms with Gasteiger partial charge in [0.15, 0.2) is 0 Å². The smallest absolute Gasteiger partial charge is 0.236 e. The zero-order valence-electron chi connectivity index (χ0n) is 13.0. The Bertz CT molecular complexity index is 548. The van der Waals surface area contributed by atoms with Crippen LogP contribution in [-0.4, -0.2) is 24.4 Å². The summed E-state index contributed by atoms with van der Waals surface area (Å²) >= 11 is 0. The highest BCUT2D eigenvalue weighted by molar-refractivity contribution is 6.06. The van der Waals surface area contributed by atoms with E-state index in [1.54, 1.807) is 4.90 Å². The maximum Gasteiger partial charge on any atom is 0.236 e. The van der Waals surface area contributed by atoms with Gasteiger partial charge >= 0.3 is 0 Å². The maximum absolute atomic E-state index is 12.4. The van der Waals surface area contributed by atoms with Crippen LogP contribution in [0.25, 0.3) is 0 Å². The van der Waals surface area contributed by atoms with E-state index >= 15 is 0 Å². The van der Waals surface area contributed by atoms with E-state index in [0.29, 0.717) is 6.54 Å². The van der Waals surface area contributed by atoms with Crippen LogP contribution in [0, 0.1) is 0 Å². The van der Waals surface area contributed by atoms with E-state index in [1.807, 2.05) is 24.3 Å². The molecule has 0 aromatic heterocycles. The van der Waals surface area contributed by atoms with Crippen molar-refractivity contribution in [2.24, 2.45) is 0 Å². The van der Waals surface area contributed by atoms with Crippen LogP contribution >= 0.6 is 0 Å². The average molecular weight is 300 g/mol. The summed E-state index contributed by atoms with van der Waals surface area (Å²) in [5.74, 6) is -0.211. The van der Waals surface area contributed by atoms with E-state index in [1.165, 1.54) is 31.2 Å². The van der Waals surface area contributed by atoms with Gasteiger partial charge in [0, 0.05) is 18.3 Å². The molecule has 1 N–H and O–H groups in total. The molecule has 0 spiro atoms. The molecule has 118 valence electrons. The third kappa shape index (κ3) is 3.49. The van der Waals surface area contributed by atoms with Crippen LogP contribution in [0.4, 0.5) is 5.69 Å². The van der Waals surface area contributed by atoms with E-state index in [9.17, 15) is 9.59 Å². The molecule has 0 radical (unpaired) electrons. The van der Waals surface area contributed by atoms with Crippen molar-refractivity contribution in [3.63, 3.8) is 0 Å². The SMILES string of the molecule is O=C(CC(=O)N1CCc2ccccc21)NC1CCCCCC1. The molecule has 0 unspecified atom stereocenters. The lowest BCUT2D eigenvalue weighted by atomic mass is 10.1. The molecule has 2 amide bonds. The molecular formula is C18H24N2O2. The summed E-state index contributed by atoms with van der Waals surface area (Å²) in [6.07, 6.45) is 7.82. The number of para-hydroxylation sites is 1. The van der Waals surface area contributed by atoms with Gasteiger partial charge in [0.1, 0.15) is 6.42 Å². The summed E-state index contributed by atoms with van der Waals surface area (Å²) in [5, 5.41) is 3.05. The molecule has 1 saturated carbocycles. The molecule has 0 saturated heterocycles. The van der Waals surface area contributed by atoms with Crippen molar-refractivity contribution < 1.29 is 9.59 Å². The second-order valence-corrected chi connectivity index (χ2v) is 6.36. The first kappa shape index (κ1) is 15.1. The summed E-state index contributed by atoms with van der Waals surface area (Å²) in [6.45, 7) is 0.689. The molecule has 22 heavy (non-hydrogen) atoms. The van der Waals surface area contributed by atoms with Crippen LogP contribution in [-0.2, 0) is 16.0 Å². The Morgan fingerprint density at radius 1 is 1.09 bits per heavy atom. The molecule has 1 aliphatic carbocycles. The van der Waals surface area contributed by atoms with Crippen LogP contribution in [0.15, 0.2) is 24.3 Å². The minimum atomic E-state index is -0.124. The number of hydrogen-bond donors (Lipinski definition) is 1. The number of hydrogen-bond acceptors (Lipinski definition) is 2. The highest BCUT2D eigenvalue weighted by atomic mass is 16.2. The average Bonchev–Trinajstić information content (AvgIpc) is 2.78. The Balaban J connectivity index is 1.54. The standard InChI is InChI=1S/C18H24N2O2/c21-17(19-15-8-3-1-2-4-9-15)13-18(22)20-12-11-14-7-5-6-10-16(14)20/h5-7,10,15H,1-4,8-9,11-13H2,(H,19,21). The van der Waals surface area contributed by atoms with Crippen molar-refractivity contribution in [1.29, 1.82) is 0 Å². The van der Waals surface area contributed by atoms with Gasteiger partial charge in [0.25, 0.3) is 0 Å². The first-order chi connectivity index (χ1) is 10.7. The lowest BCUT2D eigenvalue weighted by Crippen LogP contribution is -2.39. The molecule has 1 aromatic rings. The summed E-state index contributed by atoms with van der Waals surface area (Å²) in [6, 6.07) is 8.20. The second kappa shape index (κ2) is 6.95. The molecule has 1 aliphatic heterocycles. The van der Waals surface area contributed by atoms with Crippen LogP contribution in [0.3, 0.4) is 0 Å². The third-order valence-corrected chi connectivity index (χ3v) is 4.72. The predicted molar refractivity (Wildman–Crippen MR) is 86.7 cm³/mol.